The van der Waals surface area contributed by atoms with Crippen molar-refractivity contribution >= 4 is 0 Å². The van der Waals surface area contributed by atoms with Crippen molar-refractivity contribution in [2.45, 2.75) is 0 Å². The number of nitrogens with one attached hydrogen (secondary N) is 1. The molecule has 0 heterocycles. The van der Waals surface area contributed by atoms with Crippen LogP contribution in [-0.4, -0.2) is 6.54 Å². The fourth-order valence-corrected chi connectivity index (χ4v) is 0. The molecule has 0 rings (SSSR count). The van der Waals surface area contributed by atoms with Gasteiger partial charge < -0.3 is 0 Å². The zero-order chi connectivity index (χ0) is 3.41. The zero-order valence-corrected chi connectivity index (χ0v) is 2.36. The average molecular weight is 58.1 g/mol. The molecule has 0 aromatic rings. The Labute approximate surface area is 26.0 Å². The number of nitrogens with two attached hydrogens (primary N) is 1. The van der Waals surface area contributed by atoms with Crippen molar-refractivity contribution < 1.29 is 0 Å². The second kappa shape index (κ2) is 2.92. The van der Waals surface area contributed by atoms with E-state index in [4.69, 9.17) is 6.92 Å². The lowest BCUT2D eigenvalue weighted by atomic mass is 10.8. The van der Waals surface area contributed by atoms with Crippen LogP contribution in [0, 0.1) is 6.92 Å². The molecule has 0 aromatic heterocycles. The van der Waals surface area contributed by atoms with Crippen LogP contribution < -0.4 is 11.3 Å². The molecule has 3 N–H and O–H groups in total. The molecular formula is C2H6N2. The zero-order valence-electron chi connectivity index (χ0n) is 2.36. The molecule has 0 saturated carbocycles. The lowest BCUT2D eigenvalue weighted by Gasteiger charge is -1.76. The Morgan fingerprint density at radius 3 is 2.25 bits per heavy atom. The number of rotatable bonds is 1. The first-order valence-electron chi connectivity index (χ1n) is 1.05. The molecule has 0 spiro atoms. The van der Waals surface area contributed by atoms with Crippen molar-refractivity contribution in [2.75, 3.05) is 6.54 Å². The molecule has 0 aromatic carbocycles. The summed E-state index contributed by atoms with van der Waals surface area (Å²) in [5.74, 6) is 4.65. The van der Waals surface area contributed by atoms with Gasteiger partial charge in [0.1, 0.15) is 0 Å². The molecule has 0 fully saturated rings. The van der Waals surface area contributed by atoms with Gasteiger partial charge in [0.2, 0.25) is 0 Å². The third-order valence-corrected chi connectivity index (χ3v) is 0.118. The van der Waals surface area contributed by atoms with E-state index >= 15 is 0 Å². The first-order chi connectivity index (χ1) is 1.91. The maximum Gasteiger partial charge on any atom is 0.0132 e. The fourth-order valence-electron chi connectivity index (χ4n) is 0. The lowest BCUT2D eigenvalue weighted by molar-refractivity contribution is 0.821. The van der Waals surface area contributed by atoms with E-state index in [0.29, 0.717) is 6.54 Å². The summed E-state index contributed by atoms with van der Waals surface area (Å²) in [6.45, 7) is 5.14. The highest BCUT2D eigenvalue weighted by atomic mass is 15.2. The van der Waals surface area contributed by atoms with Crippen molar-refractivity contribution in [3.8, 4) is 0 Å². The van der Waals surface area contributed by atoms with Gasteiger partial charge in [-0.1, -0.05) is 0 Å². The van der Waals surface area contributed by atoms with E-state index in [1.54, 1.807) is 0 Å². The molecule has 0 amide bonds. The van der Waals surface area contributed by atoms with Crippen molar-refractivity contribution in [1.82, 2.24) is 5.43 Å². The molecule has 2 nitrogen and oxygen atoms in total. The molecule has 0 aliphatic carbocycles. The Balaban J connectivity index is 1.97. The van der Waals surface area contributed by atoms with Gasteiger partial charge >= 0.3 is 0 Å². The minimum atomic E-state index is 0.347. The summed E-state index contributed by atoms with van der Waals surface area (Å²) >= 11 is 0. The number of hydrogen-bond acceptors (Lipinski definition) is 2. The molecule has 0 bridgehead atoms. The van der Waals surface area contributed by atoms with Gasteiger partial charge in [-0.2, -0.15) is 0 Å². The van der Waals surface area contributed by atoms with E-state index < -0.39 is 0 Å². The predicted octanol–water partition coefficient (Wildman–Crippen LogP) is -0.839. The second-order valence-electron chi connectivity index (χ2n) is 0.408. The minimum Gasteiger partial charge on any atom is -0.271 e. The maximum absolute atomic E-state index is 4.79. The summed E-state index contributed by atoms with van der Waals surface area (Å²) in [6.07, 6.45) is 0. The second-order valence-corrected chi connectivity index (χ2v) is 0.408. The van der Waals surface area contributed by atoms with E-state index in [1.807, 2.05) is 0 Å². The fraction of sp³-hybridized carbons (Fsp3) is 0.500. The van der Waals surface area contributed by atoms with Crippen LogP contribution in [0.2, 0.25) is 0 Å². The molecular weight excluding hydrogens is 52.0 g/mol. The van der Waals surface area contributed by atoms with Crippen LogP contribution in [0.1, 0.15) is 0 Å². The molecule has 0 atom stereocenters. The van der Waals surface area contributed by atoms with Gasteiger partial charge in [0.05, 0.1) is 0 Å². The molecule has 0 aliphatic rings. The first-order valence-corrected chi connectivity index (χ1v) is 1.05. The van der Waals surface area contributed by atoms with Gasteiger partial charge in [0.15, 0.2) is 0 Å². The van der Waals surface area contributed by atoms with Gasteiger partial charge in [0, 0.05) is 6.54 Å². The topological polar surface area (TPSA) is 38.0 Å². The number of hydrogen-bond donors (Lipinski definition) is 2. The van der Waals surface area contributed by atoms with Crippen molar-refractivity contribution in [3.63, 3.8) is 0 Å². The van der Waals surface area contributed by atoms with Gasteiger partial charge in [-0.05, 0) is 6.92 Å². The average Bonchev–Trinajstić information content (AvgIpc) is 1.37. The van der Waals surface area contributed by atoms with Crippen LogP contribution in [0.3, 0.4) is 0 Å². The predicted molar refractivity (Wildman–Crippen MR) is 16.5 cm³/mol. The summed E-state index contributed by atoms with van der Waals surface area (Å²) in [5.41, 5.74) is 2.21. The van der Waals surface area contributed by atoms with Crippen LogP contribution in [0.5, 0.6) is 0 Å². The third-order valence-electron chi connectivity index (χ3n) is 0.118. The molecule has 0 saturated heterocycles. The van der Waals surface area contributed by atoms with E-state index in [0.717, 1.165) is 0 Å². The third kappa shape index (κ3) is 1.92. The van der Waals surface area contributed by atoms with E-state index in [2.05, 4.69) is 11.3 Å². The van der Waals surface area contributed by atoms with Crippen LogP contribution in [0.25, 0.3) is 0 Å². The Hall–Kier alpha value is -0.0800. The highest BCUT2D eigenvalue weighted by Crippen LogP contribution is 1.28. The summed E-state index contributed by atoms with van der Waals surface area (Å²) in [7, 11) is 0. The molecule has 4 heavy (non-hydrogen) atoms. The highest BCUT2D eigenvalue weighted by Gasteiger charge is 1.50. The normalized spacial score (nSPS) is 7.50. The molecule has 2 radical (unpaired) electrons. The highest BCUT2D eigenvalue weighted by molar-refractivity contribution is 4.31. The Morgan fingerprint density at radius 1 is 2.00 bits per heavy atom. The van der Waals surface area contributed by atoms with Crippen molar-refractivity contribution in [2.24, 2.45) is 5.84 Å². The Kier molecular flexibility index (Phi) is 2.86. The number of hydrazine groups is 1. The Morgan fingerprint density at radius 2 is 2.25 bits per heavy atom. The van der Waals surface area contributed by atoms with Crippen molar-refractivity contribution in [3.05, 3.63) is 6.92 Å². The maximum atomic E-state index is 4.79. The van der Waals surface area contributed by atoms with Crippen molar-refractivity contribution in [1.29, 1.82) is 0 Å². The standard InChI is InChI=1S/C2H6N2/c1-2-4-3/h1,4H,2-3H2. The summed E-state index contributed by atoms with van der Waals surface area (Å²) in [4.78, 5) is 0. The van der Waals surface area contributed by atoms with Crippen LogP contribution in [0.15, 0.2) is 0 Å². The molecule has 0 unspecified atom stereocenters. The molecule has 2 heteroatoms. The van der Waals surface area contributed by atoms with E-state index in [9.17, 15) is 0 Å². The summed E-state index contributed by atoms with van der Waals surface area (Å²) in [5, 5.41) is 0. The summed E-state index contributed by atoms with van der Waals surface area (Å²) in [6, 6.07) is 0. The lowest BCUT2D eigenvalue weighted by Crippen LogP contribution is -2.20. The monoisotopic (exact) mass is 58.1 g/mol. The van der Waals surface area contributed by atoms with Gasteiger partial charge in [-0.3, -0.25) is 11.3 Å². The van der Waals surface area contributed by atoms with Gasteiger partial charge in [-0.25, -0.2) is 0 Å². The van der Waals surface area contributed by atoms with Gasteiger partial charge in [0.25, 0.3) is 0 Å². The molecule has 0 aliphatic heterocycles. The Bertz CT molecular complexity index is 6.00. The van der Waals surface area contributed by atoms with Crippen LogP contribution >= 0.6 is 0 Å². The smallest absolute Gasteiger partial charge is 0.0132 e. The van der Waals surface area contributed by atoms with Crippen LogP contribution in [0.4, 0.5) is 0 Å². The SMILES string of the molecule is [CH]CNN. The van der Waals surface area contributed by atoms with Gasteiger partial charge in [-0.15, -0.1) is 0 Å². The van der Waals surface area contributed by atoms with E-state index in [1.165, 1.54) is 0 Å². The molecule has 24 valence electrons. The van der Waals surface area contributed by atoms with Crippen LogP contribution in [-0.2, 0) is 0 Å². The first kappa shape index (κ1) is 3.92. The largest absolute Gasteiger partial charge is 0.271 e. The quantitative estimate of drug-likeness (QED) is 0.305. The summed E-state index contributed by atoms with van der Waals surface area (Å²) < 4.78 is 0. The van der Waals surface area contributed by atoms with E-state index in [-0.39, 0.29) is 0 Å². The minimum absolute atomic E-state index is 0.347.